The molecule has 4 nitrogen and oxygen atoms in total. The van der Waals surface area contributed by atoms with Crippen molar-refractivity contribution < 1.29 is 15.2 Å². The Hall–Kier alpha value is -1.11. The van der Waals surface area contributed by atoms with Crippen molar-refractivity contribution in [2.75, 3.05) is 0 Å². The summed E-state index contributed by atoms with van der Waals surface area (Å²) in [6.45, 7) is 0. The molecule has 1 aromatic heterocycles. The Morgan fingerprint density at radius 2 is 2.08 bits per heavy atom. The van der Waals surface area contributed by atoms with Crippen LogP contribution >= 0.6 is 11.3 Å². The molecule has 0 fully saturated rings. The van der Waals surface area contributed by atoms with E-state index in [0.29, 0.717) is 10.2 Å². The van der Waals surface area contributed by atoms with Gasteiger partial charge in [0.1, 0.15) is 10.7 Å². The highest BCUT2D eigenvalue weighted by molar-refractivity contribution is 7.27. The van der Waals surface area contributed by atoms with Gasteiger partial charge in [-0.1, -0.05) is 6.07 Å². The van der Waals surface area contributed by atoms with E-state index in [-0.39, 0.29) is 10.7 Å². The Morgan fingerprint density at radius 1 is 1.31 bits per heavy atom. The molecule has 1 aromatic carbocycles. The number of hydrogen-bond acceptors (Lipinski definition) is 5. The summed E-state index contributed by atoms with van der Waals surface area (Å²) < 4.78 is 0.575. The molecule has 0 saturated heterocycles. The Labute approximate surface area is 78.2 Å². The first kappa shape index (κ1) is 8.49. The number of thiazole rings is 1. The van der Waals surface area contributed by atoms with Crippen molar-refractivity contribution in [3.63, 3.8) is 0 Å². The standard InChI is InChI=1S/C7H6BNO3S/c10-5-3-1-2-4-6(5)13-7(9-4)8(11)12/h1-3,10-12H. The summed E-state index contributed by atoms with van der Waals surface area (Å²) in [4.78, 5) is 4.12. The van der Waals surface area contributed by atoms with Gasteiger partial charge in [0.25, 0.3) is 0 Å². The van der Waals surface area contributed by atoms with Crippen LogP contribution in [0.5, 0.6) is 5.75 Å². The first-order valence-corrected chi connectivity index (χ1v) is 4.44. The van der Waals surface area contributed by atoms with Gasteiger partial charge in [-0.25, -0.2) is 4.98 Å². The van der Waals surface area contributed by atoms with Gasteiger partial charge >= 0.3 is 7.12 Å². The molecule has 0 amide bonds. The average molecular weight is 195 g/mol. The molecule has 0 unspecified atom stereocenters. The lowest BCUT2D eigenvalue weighted by atomic mass is 9.94. The molecule has 0 atom stereocenters. The lowest BCUT2D eigenvalue weighted by Crippen LogP contribution is -2.28. The highest BCUT2D eigenvalue weighted by atomic mass is 32.1. The molecule has 0 aliphatic heterocycles. The summed E-state index contributed by atoms with van der Waals surface area (Å²) in [7, 11) is -1.57. The Balaban J connectivity index is 2.68. The largest absolute Gasteiger partial charge is 0.519 e. The zero-order valence-electron chi connectivity index (χ0n) is 6.51. The number of hydrogen-bond donors (Lipinski definition) is 3. The lowest BCUT2D eigenvalue weighted by Gasteiger charge is -1.89. The molecular formula is C7H6BNO3S. The lowest BCUT2D eigenvalue weighted by molar-refractivity contribution is 0.425. The van der Waals surface area contributed by atoms with Gasteiger partial charge in [0.15, 0.2) is 0 Å². The fraction of sp³-hybridized carbons (Fsp3) is 0. The maximum Gasteiger partial charge on any atom is 0.519 e. The van der Waals surface area contributed by atoms with Gasteiger partial charge in [-0.3, -0.25) is 0 Å². The van der Waals surface area contributed by atoms with Crippen molar-refractivity contribution in [1.82, 2.24) is 4.98 Å². The van der Waals surface area contributed by atoms with Crippen LogP contribution in [0.3, 0.4) is 0 Å². The second-order valence-corrected chi connectivity index (χ2v) is 3.58. The highest BCUT2D eigenvalue weighted by Gasteiger charge is 2.17. The van der Waals surface area contributed by atoms with Crippen molar-refractivity contribution in [3.05, 3.63) is 18.2 Å². The average Bonchev–Trinajstić information content (AvgIpc) is 2.49. The minimum absolute atomic E-state index is 0.113. The quantitative estimate of drug-likeness (QED) is 0.545. The van der Waals surface area contributed by atoms with Gasteiger partial charge in [-0.2, -0.15) is 0 Å². The number of rotatable bonds is 1. The molecule has 2 aromatic rings. The van der Waals surface area contributed by atoms with E-state index >= 15 is 0 Å². The van der Waals surface area contributed by atoms with Gasteiger partial charge in [-0.05, 0) is 12.1 Å². The second-order valence-electron chi connectivity index (χ2n) is 2.55. The van der Waals surface area contributed by atoms with Crippen LogP contribution in [0.25, 0.3) is 10.2 Å². The number of phenols is 1. The number of nitrogens with zero attached hydrogens (tertiary/aromatic N) is 1. The summed E-state index contributed by atoms with van der Waals surface area (Å²) in [5.74, 6) is 0.113. The fourth-order valence-electron chi connectivity index (χ4n) is 1.06. The van der Waals surface area contributed by atoms with E-state index in [1.54, 1.807) is 12.1 Å². The predicted octanol–water partition coefficient (Wildman–Crippen LogP) is -0.318. The maximum atomic E-state index is 9.37. The molecule has 3 N–H and O–H groups in total. The third-order valence-corrected chi connectivity index (χ3v) is 2.77. The van der Waals surface area contributed by atoms with E-state index in [1.807, 2.05) is 0 Å². The molecule has 6 heteroatoms. The van der Waals surface area contributed by atoms with E-state index in [4.69, 9.17) is 10.0 Å². The van der Waals surface area contributed by atoms with Gasteiger partial charge in [0.2, 0.25) is 0 Å². The van der Waals surface area contributed by atoms with Gasteiger partial charge in [-0.15, -0.1) is 11.3 Å². The minimum Gasteiger partial charge on any atom is -0.506 e. The van der Waals surface area contributed by atoms with Crippen molar-refractivity contribution in [1.29, 1.82) is 0 Å². The zero-order valence-corrected chi connectivity index (χ0v) is 7.32. The number of aromatic nitrogens is 1. The summed E-state index contributed by atoms with van der Waals surface area (Å²) >= 11 is 1.07. The Kier molecular flexibility index (Phi) is 1.95. The van der Waals surface area contributed by atoms with Crippen LogP contribution in [0, 0.1) is 0 Å². The fourth-order valence-corrected chi connectivity index (χ4v) is 1.91. The summed E-state index contributed by atoms with van der Waals surface area (Å²) in [5, 5.41) is 27.0. The van der Waals surface area contributed by atoms with E-state index in [0.717, 1.165) is 11.3 Å². The van der Waals surface area contributed by atoms with E-state index in [9.17, 15) is 5.11 Å². The summed E-state index contributed by atoms with van der Waals surface area (Å²) in [6.07, 6.45) is 0. The molecule has 0 bridgehead atoms. The first-order valence-electron chi connectivity index (χ1n) is 3.63. The summed E-state index contributed by atoms with van der Waals surface area (Å²) in [5.41, 5.74) is 0.577. The minimum atomic E-state index is -1.57. The van der Waals surface area contributed by atoms with Crippen LogP contribution in [0.4, 0.5) is 0 Å². The van der Waals surface area contributed by atoms with Crippen molar-refractivity contribution in [3.8, 4) is 5.75 Å². The van der Waals surface area contributed by atoms with Crippen LogP contribution in [0.15, 0.2) is 18.2 Å². The molecule has 0 aliphatic carbocycles. The molecule has 66 valence electrons. The third kappa shape index (κ3) is 1.39. The van der Waals surface area contributed by atoms with Crippen LogP contribution in [0.2, 0.25) is 0 Å². The molecule has 0 saturated carbocycles. The van der Waals surface area contributed by atoms with Crippen molar-refractivity contribution in [2.45, 2.75) is 0 Å². The van der Waals surface area contributed by atoms with Crippen LogP contribution in [0.1, 0.15) is 0 Å². The maximum absolute atomic E-state index is 9.37. The molecule has 0 spiro atoms. The third-order valence-electron chi connectivity index (χ3n) is 1.63. The highest BCUT2D eigenvalue weighted by Crippen LogP contribution is 2.25. The van der Waals surface area contributed by atoms with Crippen molar-refractivity contribution in [2.24, 2.45) is 0 Å². The smallest absolute Gasteiger partial charge is 0.506 e. The first-order chi connectivity index (χ1) is 6.18. The summed E-state index contributed by atoms with van der Waals surface area (Å²) in [6, 6.07) is 4.90. The van der Waals surface area contributed by atoms with Gasteiger partial charge in [0, 0.05) is 0 Å². The molecule has 13 heavy (non-hydrogen) atoms. The second kappa shape index (κ2) is 2.99. The van der Waals surface area contributed by atoms with Crippen LogP contribution < -0.4 is 4.91 Å². The zero-order chi connectivity index (χ0) is 9.42. The molecule has 0 radical (unpaired) electrons. The number of benzene rings is 1. The topological polar surface area (TPSA) is 73.6 Å². The monoisotopic (exact) mass is 195 g/mol. The Bertz CT molecular complexity index is 442. The van der Waals surface area contributed by atoms with Crippen LogP contribution in [-0.2, 0) is 0 Å². The molecule has 1 heterocycles. The normalized spacial score (nSPS) is 10.6. The van der Waals surface area contributed by atoms with E-state index in [2.05, 4.69) is 4.98 Å². The number of phenolic OH excluding ortho intramolecular Hbond substituents is 1. The van der Waals surface area contributed by atoms with E-state index < -0.39 is 7.12 Å². The number of aromatic hydroxyl groups is 1. The molecule has 0 aliphatic rings. The van der Waals surface area contributed by atoms with Gasteiger partial charge in [0.05, 0.1) is 10.2 Å². The van der Waals surface area contributed by atoms with Crippen LogP contribution in [-0.4, -0.2) is 27.3 Å². The SMILES string of the molecule is OB(O)c1nc2cccc(O)c2s1. The van der Waals surface area contributed by atoms with Crippen molar-refractivity contribution >= 4 is 33.6 Å². The number of fused-ring (bicyclic) bond motifs is 1. The van der Waals surface area contributed by atoms with Gasteiger partial charge < -0.3 is 15.2 Å². The molecule has 2 rings (SSSR count). The molecular weight excluding hydrogens is 189 g/mol. The predicted molar refractivity (Wildman–Crippen MR) is 51.1 cm³/mol. The van der Waals surface area contributed by atoms with E-state index in [1.165, 1.54) is 6.07 Å². The Morgan fingerprint density at radius 3 is 2.69 bits per heavy atom.